The lowest BCUT2D eigenvalue weighted by atomic mass is 10.0. The predicted molar refractivity (Wildman–Crippen MR) is 86.4 cm³/mol. The van der Waals surface area contributed by atoms with Crippen LogP contribution in [0.2, 0.25) is 0 Å². The lowest BCUT2D eigenvalue weighted by molar-refractivity contribution is -0.0553. The summed E-state index contributed by atoms with van der Waals surface area (Å²) in [6.45, 7) is 3.41. The van der Waals surface area contributed by atoms with Crippen molar-refractivity contribution in [1.82, 2.24) is 5.01 Å². The first-order chi connectivity index (χ1) is 10.5. The van der Waals surface area contributed by atoms with Crippen molar-refractivity contribution in [2.75, 3.05) is 0 Å². The van der Waals surface area contributed by atoms with E-state index in [-0.39, 0.29) is 5.91 Å². The van der Waals surface area contributed by atoms with Gasteiger partial charge in [-0.3, -0.25) is 4.79 Å². The van der Waals surface area contributed by atoms with Gasteiger partial charge in [0.1, 0.15) is 0 Å². The number of hydrazone groups is 1. The first-order valence-corrected chi connectivity index (χ1v) is 7.24. The van der Waals surface area contributed by atoms with Crippen LogP contribution in [-0.4, -0.2) is 27.5 Å². The van der Waals surface area contributed by atoms with Gasteiger partial charge >= 0.3 is 0 Å². The third-order valence-electron chi connectivity index (χ3n) is 3.75. The highest BCUT2D eigenvalue weighted by atomic mass is 16.3. The molecule has 2 aromatic carbocycles. The smallest absolute Gasteiger partial charge is 0.276 e. The maximum absolute atomic E-state index is 12.5. The Kier molecular flexibility index (Phi) is 3.54. The van der Waals surface area contributed by atoms with Gasteiger partial charge in [0.05, 0.1) is 0 Å². The Hall–Kier alpha value is -2.46. The first-order valence-electron chi connectivity index (χ1n) is 7.24. The van der Waals surface area contributed by atoms with Crippen molar-refractivity contribution in [1.29, 1.82) is 0 Å². The molecule has 0 bridgehead atoms. The summed E-state index contributed by atoms with van der Waals surface area (Å²) in [7, 11) is 0. The Balaban J connectivity index is 1.86. The fourth-order valence-corrected chi connectivity index (χ4v) is 2.70. The van der Waals surface area contributed by atoms with Crippen LogP contribution in [0, 0.1) is 0 Å². The minimum Gasteiger partial charge on any atom is -0.369 e. The number of hydrogen-bond acceptors (Lipinski definition) is 3. The van der Waals surface area contributed by atoms with E-state index in [1.165, 1.54) is 5.01 Å². The summed E-state index contributed by atoms with van der Waals surface area (Å²) in [5, 5.41) is 15.6. The zero-order valence-electron chi connectivity index (χ0n) is 12.7. The van der Waals surface area contributed by atoms with E-state index in [4.69, 9.17) is 0 Å². The van der Waals surface area contributed by atoms with Crippen LogP contribution in [-0.2, 0) is 0 Å². The summed E-state index contributed by atoms with van der Waals surface area (Å²) in [5.41, 5.74) is 2.16. The number of benzene rings is 2. The van der Waals surface area contributed by atoms with E-state index in [1.54, 1.807) is 26.0 Å². The molecule has 2 aromatic rings. The number of amides is 1. The lowest BCUT2D eigenvalue weighted by Crippen LogP contribution is -2.43. The molecule has 0 aliphatic carbocycles. The molecule has 0 radical (unpaired) electrons. The third-order valence-corrected chi connectivity index (χ3v) is 3.75. The minimum absolute atomic E-state index is 0.290. The molecule has 1 unspecified atom stereocenters. The van der Waals surface area contributed by atoms with Crippen LogP contribution < -0.4 is 0 Å². The summed E-state index contributed by atoms with van der Waals surface area (Å²) in [6, 6.07) is 17.3. The number of rotatable bonds is 2. The van der Waals surface area contributed by atoms with Crippen LogP contribution in [0.25, 0.3) is 11.1 Å². The molecule has 3 rings (SSSR count). The molecule has 1 heterocycles. The molecule has 0 spiro atoms. The van der Waals surface area contributed by atoms with Crippen molar-refractivity contribution in [2.24, 2.45) is 5.10 Å². The summed E-state index contributed by atoms with van der Waals surface area (Å²) < 4.78 is 0. The normalized spacial score (nSPS) is 20.9. The summed E-state index contributed by atoms with van der Waals surface area (Å²) >= 11 is 0. The number of nitrogens with zero attached hydrogens (tertiary/aromatic N) is 2. The van der Waals surface area contributed by atoms with Gasteiger partial charge in [0.25, 0.3) is 5.91 Å². The number of hydrogen-bond donors (Lipinski definition) is 1. The van der Waals surface area contributed by atoms with Gasteiger partial charge in [-0.2, -0.15) is 10.1 Å². The van der Waals surface area contributed by atoms with Crippen molar-refractivity contribution < 1.29 is 9.90 Å². The highest BCUT2D eigenvalue weighted by molar-refractivity contribution is 5.98. The third kappa shape index (κ3) is 2.65. The van der Waals surface area contributed by atoms with Crippen LogP contribution in [0.15, 0.2) is 59.7 Å². The second-order valence-electron chi connectivity index (χ2n) is 5.79. The van der Waals surface area contributed by atoms with Gasteiger partial charge in [0.2, 0.25) is 0 Å². The fourth-order valence-electron chi connectivity index (χ4n) is 2.70. The molecular formula is C18H18N2O2. The average Bonchev–Trinajstić information content (AvgIpc) is 2.80. The number of carbonyl (C=O) groups excluding carboxylic acids is 1. The molecule has 4 heteroatoms. The number of aliphatic hydroxyl groups is 1. The molecule has 1 amide bonds. The molecular weight excluding hydrogens is 276 g/mol. The zero-order valence-corrected chi connectivity index (χ0v) is 12.7. The standard InChI is InChI=1S/C18H18N2O2/c1-13-12-18(2,22)20(19-13)17(21)16-10-8-15(9-11-16)14-6-4-3-5-7-14/h3-11,22H,12H2,1-2H3. The average molecular weight is 294 g/mol. The van der Waals surface area contributed by atoms with Gasteiger partial charge in [-0.15, -0.1) is 0 Å². The molecule has 112 valence electrons. The van der Waals surface area contributed by atoms with Gasteiger partial charge in [-0.05, 0) is 37.1 Å². The molecule has 4 nitrogen and oxygen atoms in total. The zero-order chi connectivity index (χ0) is 15.7. The van der Waals surface area contributed by atoms with E-state index in [0.717, 1.165) is 16.8 Å². The largest absolute Gasteiger partial charge is 0.369 e. The van der Waals surface area contributed by atoms with Crippen LogP contribution in [0.5, 0.6) is 0 Å². The van der Waals surface area contributed by atoms with E-state index >= 15 is 0 Å². The van der Waals surface area contributed by atoms with Crippen LogP contribution in [0.4, 0.5) is 0 Å². The van der Waals surface area contributed by atoms with Crippen molar-refractivity contribution >= 4 is 11.6 Å². The quantitative estimate of drug-likeness (QED) is 0.924. The van der Waals surface area contributed by atoms with Gasteiger partial charge < -0.3 is 5.11 Å². The Morgan fingerprint density at radius 3 is 2.23 bits per heavy atom. The molecule has 0 fully saturated rings. The minimum atomic E-state index is -1.25. The predicted octanol–water partition coefficient (Wildman–Crippen LogP) is 3.28. The maximum Gasteiger partial charge on any atom is 0.276 e. The van der Waals surface area contributed by atoms with Gasteiger partial charge in [0.15, 0.2) is 5.72 Å². The van der Waals surface area contributed by atoms with Crippen molar-refractivity contribution in [3.8, 4) is 11.1 Å². The summed E-state index contributed by atoms with van der Waals surface area (Å²) in [6.07, 6.45) is 0.376. The molecule has 1 aliphatic heterocycles. The fraction of sp³-hybridized carbons (Fsp3) is 0.222. The SMILES string of the molecule is CC1=NN(C(=O)c2ccc(-c3ccccc3)cc2)C(C)(O)C1. The molecule has 0 saturated heterocycles. The van der Waals surface area contributed by atoms with Gasteiger partial charge in [-0.1, -0.05) is 42.5 Å². The second kappa shape index (κ2) is 5.39. The van der Waals surface area contributed by atoms with Gasteiger partial charge in [0, 0.05) is 17.7 Å². The van der Waals surface area contributed by atoms with Crippen LogP contribution >= 0.6 is 0 Å². The Morgan fingerprint density at radius 1 is 1.09 bits per heavy atom. The molecule has 0 saturated carbocycles. The topological polar surface area (TPSA) is 52.9 Å². The maximum atomic E-state index is 12.5. The Morgan fingerprint density at radius 2 is 1.68 bits per heavy atom. The van der Waals surface area contributed by atoms with E-state index in [9.17, 15) is 9.90 Å². The van der Waals surface area contributed by atoms with Crippen molar-refractivity contribution in [2.45, 2.75) is 26.0 Å². The van der Waals surface area contributed by atoms with E-state index in [1.807, 2.05) is 42.5 Å². The van der Waals surface area contributed by atoms with E-state index in [2.05, 4.69) is 5.10 Å². The van der Waals surface area contributed by atoms with Crippen LogP contribution in [0.1, 0.15) is 30.6 Å². The second-order valence-corrected chi connectivity index (χ2v) is 5.79. The van der Waals surface area contributed by atoms with Crippen molar-refractivity contribution in [3.63, 3.8) is 0 Å². The lowest BCUT2D eigenvalue weighted by Gasteiger charge is -2.27. The van der Waals surface area contributed by atoms with Crippen molar-refractivity contribution in [3.05, 3.63) is 60.2 Å². The highest BCUT2D eigenvalue weighted by Gasteiger charge is 2.39. The summed E-state index contributed by atoms with van der Waals surface area (Å²) in [4.78, 5) is 12.5. The van der Waals surface area contributed by atoms with Crippen LogP contribution in [0.3, 0.4) is 0 Å². The molecule has 22 heavy (non-hydrogen) atoms. The van der Waals surface area contributed by atoms with E-state index in [0.29, 0.717) is 12.0 Å². The van der Waals surface area contributed by atoms with E-state index < -0.39 is 5.72 Å². The molecule has 1 N–H and O–H groups in total. The molecule has 1 aliphatic rings. The first kappa shape index (κ1) is 14.5. The van der Waals surface area contributed by atoms with Gasteiger partial charge in [-0.25, -0.2) is 0 Å². The summed E-state index contributed by atoms with van der Waals surface area (Å²) in [5.74, 6) is -0.290. The monoisotopic (exact) mass is 294 g/mol. The Labute approximate surface area is 129 Å². The Bertz CT molecular complexity index is 719. The molecule has 0 aromatic heterocycles. The highest BCUT2D eigenvalue weighted by Crippen LogP contribution is 2.27. The number of carbonyl (C=O) groups is 1. The molecule has 1 atom stereocenters.